The van der Waals surface area contributed by atoms with Crippen LogP contribution in [0.3, 0.4) is 0 Å². The monoisotopic (exact) mass is 521 g/mol. The molecule has 5 aromatic rings. The van der Waals surface area contributed by atoms with Crippen LogP contribution in [0.1, 0.15) is 36.7 Å². The Kier molecular flexibility index (Phi) is 6.05. The van der Waals surface area contributed by atoms with Gasteiger partial charge in [0.25, 0.3) is 5.91 Å². The zero-order valence-corrected chi connectivity index (χ0v) is 20.7. The number of fused-ring (bicyclic) bond motifs is 1. The second-order valence-electron chi connectivity index (χ2n) is 9.82. The van der Waals surface area contributed by atoms with Crippen molar-refractivity contribution in [3.05, 3.63) is 96.1 Å². The van der Waals surface area contributed by atoms with Gasteiger partial charge in [-0.1, -0.05) is 18.2 Å². The summed E-state index contributed by atoms with van der Waals surface area (Å²) in [6, 6.07) is 17.5. The molecule has 0 aliphatic carbocycles. The second-order valence-corrected chi connectivity index (χ2v) is 9.82. The Morgan fingerprint density at radius 3 is 2.32 bits per heavy atom. The molecule has 1 amide bonds. The minimum atomic E-state index is -4.43. The Morgan fingerprint density at radius 1 is 0.921 bits per heavy atom. The average molecular weight is 522 g/mol. The highest BCUT2D eigenvalue weighted by Gasteiger charge is 2.30. The number of hydrogen-bond acceptors (Lipinski definition) is 3. The number of carbonyl (C=O) groups excluding carboxylic acids is 1. The van der Waals surface area contributed by atoms with E-state index in [2.05, 4.69) is 15.4 Å². The van der Waals surface area contributed by atoms with Gasteiger partial charge in [-0.15, -0.1) is 0 Å². The van der Waals surface area contributed by atoms with Crippen LogP contribution in [0.2, 0.25) is 0 Å². The Bertz CT molecular complexity index is 1640. The van der Waals surface area contributed by atoms with E-state index in [0.29, 0.717) is 39.4 Å². The Balaban J connectivity index is 1.44. The maximum atomic E-state index is 13.7. The maximum Gasteiger partial charge on any atom is 0.416 e. The molecular weight excluding hydrogens is 498 g/mol. The lowest BCUT2D eigenvalue weighted by atomic mass is 10.1. The first-order valence-corrected chi connectivity index (χ1v) is 11.7. The average Bonchev–Trinajstić information content (AvgIpc) is 3.47. The molecule has 0 saturated heterocycles. The standard InChI is InChI=1S/C28H23F4N5O/c1-27(2,3)37-25(15-22(35-37)17-7-10-19(11-8-17)28(30,31)32)34-26(38)18-9-12-24-23(13-18)33-16-36(24)21-6-4-5-20(29)14-21/h4-16H,1-3H3,(H,34,38). The highest BCUT2D eigenvalue weighted by molar-refractivity contribution is 6.05. The van der Waals surface area contributed by atoms with Gasteiger partial charge >= 0.3 is 6.18 Å². The second kappa shape index (κ2) is 9.13. The molecule has 38 heavy (non-hydrogen) atoms. The molecule has 2 heterocycles. The van der Waals surface area contributed by atoms with E-state index in [1.165, 1.54) is 24.3 Å². The number of carbonyl (C=O) groups is 1. The number of nitrogens with zero attached hydrogens (tertiary/aromatic N) is 4. The van der Waals surface area contributed by atoms with Crippen LogP contribution >= 0.6 is 0 Å². The topological polar surface area (TPSA) is 64.7 Å². The third-order valence-corrected chi connectivity index (χ3v) is 5.99. The first-order valence-electron chi connectivity index (χ1n) is 11.7. The fourth-order valence-electron chi connectivity index (χ4n) is 4.13. The molecule has 3 aromatic carbocycles. The van der Waals surface area contributed by atoms with E-state index >= 15 is 0 Å². The number of aromatic nitrogens is 4. The SMILES string of the molecule is CC(C)(C)n1nc(-c2ccc(C(F)(F)F)cc2)cc1NC(=O)c1ccc2c(c1)ncn2-c1cccc(F)c1. The molecule has 0 saturated carbocycles. The van der Waals surface area contributed by atoms with E-state index in [4.69, 9.17) is 0 Å². The summed E-state index contributed by atoms with van der Waals surface area (Å²) in [6.07, 6.45) is -2.87. The number of hydrogen-bond donors (Lipinski definition) is 1. The number of rotatable bonds is 4. The van der Waals surface area contributed by atoms with E-state index in [1.807, 2.05) is 20.8 Å². The van der Waals surface area contributed by atoms with Gasteiger partial charge in [0, 0.05) is 17.2 Å². The fraction of sp³-hybridized carbons (Fsp3) is 0.179. The third kappa shape index (κ3) is 4.89. The lowest BCUT2D eigenvalue weighted by Crippen LogP contribution is -2.26. The molecule has 0 bridgehead atoms. The van der Waals surface area contributed by atoms with Crippen LogP contribution in [0.25, 0.3) is 28.0 Å². The number of halogens is 4. The minimum absolute atomic E-state index is 0.347. The van der Waals surface area contributed by atoms with Crippen molar-refractivity contribution in [2.45, 2.75) is 32.5 Å². The molecule has 6 nitrogen and oxygen atoms in total. The normalized spacial score (nSPS) is 12.2. The number of alkyl halides is 3. The predicted molar refractivity (Wildman–Crippen MR) is 137 cm³/mol. The van der Waals surface area contributed by atoms with Crippen molar-refractivity contribution < 1.29 is 22.4 Å². The maximum absolute atomic E-state index is 13.7. The number of benzene rings is 3. The van der Waals surface area contributed by atoms with Crippen LogP contribution in [0.5, 0.6) is 0 Å². The summed E-state index contributed by atoms with van der Waals surface area (Å²) in [4.78, 5) is 17.6. The summed E-state index contributed by atoms with van der Waals surface area (Å²) in [7, 11) is 0. The Labute approximate surface area is 215 Å². The van der Waals surface area contributed by atoms with Gasteiger partial charge in [0.2, 0.25) is 0 Å². The van der Waals surface area contributed by atoms with Gasteiger partial charge in [-0.05, 0) is 69.3 Å². The van der Waals surface area contributed by atoms with Crippen molar-refractivity contribution in [3.63, 3.8) is 0 Å². The zero-order chi connectivity index (χ0) is 27.2. The molecule has 0 aliphatic rings. The van der Waals surface area contributed by atoms with Crippen LogP contribution < -0.4 is 5.32 Å². The third-order valence-electron chi connectivity index (χ3n) is 5.99. The highest BCUT2D eigenvalue weighted by atomic mass is 19.4. The van der Waals surface area contributed by atoms with E-state index in [0.717, 1.165) is 12.1 Å². The molecule has 2 aromatic heterocycles. The van der Waals surface area contributed by atoms with Crippen LogP contribution in [0.15, 0.2) is 79.1 Å². The highest BCUT2D eigenvalue weighted by Crippen LogP contribution is 2.32. The first kappa shape index (κ1) is 25.2. The lowest BCUT2D eigenvalue weighted by molar-refractivity contribution is -0.137. The smallest absolute Gasteiger partial charge is 0.307 e. The molecule has 194 valence electrons. The zero-order valence-electron chi connectivity index (χ0n) is 20.7. The molecule has 0 aliphatic heterocycles. The molecular formula is C28H23F4N5O. The van der Waals surface area contributed by atoms with Crippen LogP contribution in [0.4, 0.5) is 23.4 Å². The number of nitrogens with one attached hydrogen (secondary N) is 1. The van der Waals surface area contributed by atoms with Crippen molar-refractivity contribution in [1.82, 2.24) is 19.3 Å². The minimum Gasteiger partial charge on any atom is -0.307 e. The molecule has 0 radical (unpaired) electrons. The van der Waals surface area contributed by atoms with E-state index in [1.54, 1.807) is 52.0 Å². The van der Waals surface area contributed by atoms with Gasteiger partial charge in [0.1, 0.15) is 18.0 Å². The van der Waals surface area contributed by atoms with E-state index < -0.39 is 23.2 Å². The summed E-state index contributed by atoms with van der Waals surface area (Å²) in [5.41, 5.74) is 1.84. The molecule has 5 rings (SSSR count). The predicted octanol–water partition coefficient (Wildman–Crippen LogP) is 7.05. The molecule has 0 atom stereocenters. The van der Waals surface area contributed by atoms with Crippen molar-refractivity contribution in [3.8, 4) is 16.9 Å². The summed E-state index contributed by atoms with van der Waals surface area (Å²) in [6.45, 7) is 5.70. The van der Waals surface area contributed by atoms with Crippen LogP contribution in [-0.2, 0) is 11.7 Å². The Morgan fingerprint density at radius 2 is 1.66 bits per heavy atom. The molecule has 10 heteroatoms. The quantitative estimate of drug-likeness (QED) is 0.258. The van der Waals surface area contributed by atoms with Crippen molar-refractivity contribution in [2.75, 3.05) is 5.32 Å². The largest absolute Gasteiger partial charge is 0.416 e. The fourth-order valence-corrected chi connectivity index (χ4v) is 4.13. The van der Waals surface area contributed by atoms with Gasteiger partial charge in [-0.3, -0.25) is 9.36 Å². The Hall–Kier alpha value is -4.47. The summed E-state index contributed by atoms with van der Waals surface area (Å²) >= 11 is 0. The summed E-state index contributed by atoms with van der Waals surface area (Å²) < 4.78 is 55.9. The van der Waals surface area contributed by atoms with Crippen LogP contribution in [-0.4, -0.2) is 25.2 Å². The number of anilines is 1. The van der Waals surface area contributed by atoms with Crippen molar-refractivity contribution in [2.24, 2.45) is 0 Å². The summed E-state index contributed by atoms with van der Waals surface area (Å²) in [5.74, 6) is -0.383. The number of amides is 1. The van der Waals surface area contributed by atoms with E-state index in [9.17, 15) is 22.4 Å². The van der Waals surface area contributed by atoms with E-state index in [-0.39, 0.29) is 5.82 Å². The molecule has 1 N–H and O–H groups in total. The first-order chi connectivity index (χ1) is 17.9. The summed E-state index contributed by atoms with van der Waals surface area (Å²) in [5, 5.41) is 7.43. The van der Waals surface area contributed by atoms with Gasteiger partial charge in [-0.25, -0.2) is 14.1 Å². The number of imidazole rings is 1. The van der Waals surface area contributed by atoms with Crippen molar-refractivity contribution in [1.29, 1.82) is 0 Å². The van der Waals surface area contributed by atoms with Gasteiger partial charge < -0.3 is 5.32 Å². The molecule has 0 fully saturated rings. The van der Waals surface area contributed by atoms with Gasteiger partial charge in [0.15, 0.2) is 0 Å². The van der Waals surface area contributed by atoms with Crippen LogP contribution in [0, 0.1) is 5.82 Å². The lowest BCUT2D eigenvalue weighted by Gasteiger charge is -2.22. The molecule has 0 unspecified atom stereocenters. The van der Waals surface area contributed by atoms with Gasteiger partial charge in [-0.2, -0.15) is 18.3 Å². The molecule has 0 spiro atoms. The van der Waals surface area contributed by atoms with Gasteiger partial charge in [0.05, 0.1) is 33.5 Å². The van der Waals surface area contributed by atoms with Crippen molar-refractivity contribution >= 4 is 22.8 Å².